The Bertz CT molecular complexity index is 882. The molecule has 8 N–H and O–H groups in total. The number of hydrazine groups is 2. The lowest BCUT2D eigenvalue weighted by Crippen LogP contribution is -2.53. The van der Waals surface area contributed by atoms with Gasteiger partial charge in [-0.05, 0) is 31.4 Å². The van der Waals surface area contributed by atoms with Gasteiger partial charge in [0.25, 0.3) is 0 Å². The number of nitrogens with one attached hydrogen (secondary N) is 4. The Morgan fingerprint density at radius 3 is 2.18 bits per heavy atom. The van der Waals surface area contributed by atoms with Crippen LogP contribution in [0.3, 0.4) is 0 Å². The number of carboxylic acids is 2. The van der Waals surface area contributed by atoms with Crippen molar-refractivity contribution in [1.29, 1.82) is 0 Å². The maximum atomic E-state index is 12.6. The van der Waals surface area contributed by atoms with Crippen molar-refractivity contribution in [3.8, 4) is 0 Å². The molecule has 186 valence electrons. The van der Waals surface area contributed by atoms with Crippen molar-refractivity contribution in [3.05, 3.63) is 30.3 Å². The molecule has 0 saturated carbocycles. The van der Waals surface area contributed by atoms with E-state index in [-0.39, 0.29) is 25.3 Å². The van der Waals surface area contributed by atoms with Crippen LogP contribution >= 0.6 is 0 Å². The Morgan fingerprint density at radius 1 is 0.971 bits per heavy atom. The number of carbonyl (C=O) groups is 5. The van der Waals surface area contributed by atoms with Gasteiger partial charge in [-0.15, -0.1) is 0 Å². The summed E-state index contributed by atoms with van der Waals surface area (Å²) in [7, 11) is 0. The van der Waals surface area contributed by atoms with Crippen molar-refractivity contribution in [2.45, 2.75) is 56.7 Å². The number of hydrogen-bond donors (Lipinski definition) is 7. The first-order valence-electron chi connectivity index (χ1n) is 10.8. The molecule has 34 heavy (non-hydrogen) atoms. The van der Waals surface area contributed by atoms with Gasteiger partial charge in [-0.1, -0.05) is 18.2 Å². The number of anilines is 1. The topological polar surface area (TPSA) is 203 Å². The fourth-order valence-electron chi connectivity index (χ4n) is 3.36. The zero-order valence-corrected chi connectivity index (χ0v) is 18.5. The van der Waals surface area contributed by atoms with Gasteiger partial charge in [-0.2, -0.15) is 5.53 Å². The number of amides is 3. The molecule has 1 aromatic carbocycles. The lowest BCUT2D eigenvalue weighted by Gasteiger charge is -2.21. The average Bonchev–Trinajstić information content (AvgIpc) is 3.27. The third-order valence-corrected chi connectivity index (χ3v) is 5.20. The van der Waals surface area contributed by atoms with E-state index in [4.69, 9.17) is 15.9 Å². The van der Waals surface area contributed by atoms with Crippen molar-refractivity contribution < 1.29 is 34.2 Å². The van der Waals surface area contributed by atoms with Gasteiger partial charge in [0, 0.05) is 25.3 Å². The third kappa shape index (κ3) is 9.03. The van der Waals surface area contributed by atoms with Gasteiger partial charge in [0.1, 0.15) is 12.1 Å². The highest BCUT2D eigenvalue weighted by molar-refractivity contribution is 5.92. The molecule has 3 atom stereocenters. The minimum Gasteiger partial charge on any atom is -0.481 e. The van der Waals surface area contributed by atoms with Crippen LogP contribution in [0.2, 0.25) is 0 Å². The molecule has 1 saturated heterocycles. The number of carboxylic acid groups (broad SMARTS) is 2. The van der Waals surface area contributed by atoms with E-state index < -0.39 is 54.6 Å². The Morgan fingerprint density at radius 2 is 1.59 bits per heavy atom. The zero-order valence-electron chi connectivity index (χ0n) is 18.5. The molecule has 0 aliphatic carbocycles. The summed E-state index contributed by atoms with van der Waals surface area (Å²) in [5.41, 5.74) is 12.3. The van der Waals surface area contributed by atoms with Gasteiger partial charge in [-0.3, -0.25) is 29.0 Å². The zero-order chi connectivity index (χ0) is 25.1. The summed E-state index contributed by atoms with van der Waals surface area (Å²) in [5, 5.41) is 24.4. The highest BCUT2D eigenvalue weighted by Gasteiger charge is 2.27. The first-order valence-corrected chi connectivity index (χ1v) is 10.8. The molecule has 1 heterocycles. The van der Waals surface area contributed by atoms with E-state index in [9.17, 15) is 24.0 Å². The van der Waals surface area contributed by atoms with Crippen molar-refractivity contribution in [1.82, 2.24) is 21.6 Å². The number of nitrogens with two attached hydrogens (primary N) is 1. The number of primary amides is 1. The molecule has 3 amide bonds. The van der Waals surface area contributed by atoms with Crippen molar-refractivity contribution in [3.63, 3.8) is 0 Å². The molecule has 1 aliphatic heterocycles. The maximum Gasteiger partial charge on any atom is 0.303 e. The van der Waals surface area contributed by atoms with Crippen molar-refractivity contribution in [2.75, 3.05) is 11.6 Å². The van der Waals surface area contributed by atoms with Crippen molar-refractivity contribution >= 4 is 35.3 Å². The molecule has 0 spiro atoms. The largest absolute Gasteiger partial charge is 0.481 e. The first-order chi connectivity index (χ1) is 16.2. The molecule has 3 unspecified atom stereocenters. The monoisotopic (exact) mass is 478 g/mol. The number of hydrogen-bond acceptors (Lipinski definition) is 8. The number of benzene rings is 1. The Labute approximate surface area is 196 Å². The molecular formula is C21H30N6O7. The van der Waals surface area contributed by atoms with Gasteiger partial charge < -0.3 is 26.6 Å². The van der Waals surface area contributed by atoms with E-state index in [2.05, 4.69) is 21.6 Å². The number of rotatable bonds is 14. The van der Waals surface area contributed by atoms with Gasteiger partial charge in [0.2, 0.25) is 17.7 Å². The van der Waals surface area contributed by atoms with Gasteiger partial charge in [0.05, 0.1) is 12.2 Å². The van der Waals surface area contributed by atoms with Crippen LogP contribution < -0.4 is 32.3 Å². The summed E-state index contributed by atoms with van der Waals surface area (Å²) >= 11 is 0. The normalized spacial score (nSPS) is 16.9. The summed E-state index contributed by atoms with van der Waals surface area (Å²) in [6.07, 6.45) is -0.719. The second-order valence-corrected chi connectivity index (χ2v) is 7.89. The predicted octanol–water partition coefficient (Wildman–Crippen LogP) is -1.15. The molecule has 0 bridgehead atoms. The quantitative estimate of drug-likeness (QED) is 0.171. The van der Waals surface area contributed by atoms with Crippen molar-refractivity contribution in [2.24, 2.45) is 5.73 Å². The molecule has 0 aromatic heterocycles. The number of para-hydroxylation sites is 1. The van der Waals surface area contributed by atoms with E-state index >= 15 is 0 Å². The van der Waals surface area contributed by atoms with Crippen LogP contribution in [-0.2, 0) is 24.0 Å². The van der Waals surface area contributed by atoms with Crippen LogP contribution in [-0.4, -0.2) is 64.5 Å². The van der Waals surface area contributed by atoms with Crippen LogP contribution in [0.25, 0.3) is 0 Å². The fraction of sp³-hybridized carbons (Fsp3) is 0.476. The number of aliphatic carboxylic acids is 2. The van der Waals surface area contributed by atoms with Gasteiger partial charge in [-0.25, -0.2) is 5.43 Å². The standard InChI is InChI=1S/C21H30N6O7/c22-20(33)15(7-10-18(29)30)24-21(34)16(8-11-19(31)32)23-17(28)9-6-13-12-27(26-25-13)14-4-2-1-3-5-14/h1-5,13,15-16,25-26H,6-12H2,(H2,22,33)(H,23,28)(H,24,34)(H,29,30)(H,31,32). The minimum absolute atomic E-state index is 0.0486. The van der Waals surface area contributed by atoms with E-state index in [0.717, 1.165) is 5.69 Å². The smallest absolute Gasteiger partial charge is 0.303 e. The summed E-state index contributed by atoms with van der Waals surface area (Å²) < 4.78 is 0. The van der Waals surface area contributed by atoms with Crippen LogP contribution in [0.5, 0.6) is 0 Å². The molecule has 1 aliphatic rings. The minimum atomic E-state index is -1.26. The SMILES string of the molecule is NC(=O)C(CCC(=O)O)NC(=O)C(CCC(=O)O)NC(=O)CCC1CN(c2ccccc2)NN1. The van der Waals surface area contributed by atoms with Crippen LogP contribution in [0.15, 0.2) is 30.3 Å². The second kappa shape index (κ2) is 13.1. The lowest BCUT2D eigenvalue weighted by molar-refractivity contribution is -0.139. The summed E-state index contributed by atoms with van der Waals surface area (Å²) in [4.78, 5) is 58.4. The first kappa shape index (κ1) is 26.5. The van der Waals surface area contributed by atoms with Gasteiger partial charge in [0.15, 0.2) is 0 Å². The molecule has 13 nitrogen and oxygen atoms in total. The average molecular weight is 479 g/mol. The van der Waals surface area contributed by atoms with Crippen LogP contribution in [0, 0.1) is 0 Å². The second-order valence-electron chi connectivity index (χ2n) is 7.89. The van der Waals surface area contributed by atoms with Gasteiger partial charge >= 0.3 is 11.9 Å². The van der Waals surface area contributed by atoms with E-state index in [0.29, 0.717) is 13.0 Å². The molecule has 1 fully saturated rings. The van der Waals surface area contributed by atoms with Crippen LogP contribution in [0.4, 0.5) is 5.69 Å². The highest BCUT2D eigenvalue weighted by atomic mass is 16.4. The van der Waals surface area contributed by atoms with Crippen LogP contribution in [0.1, 0.15) is 38.5 Å². The molecule has 2 rings (SSSR count). The molecule has 13 heteroatoms. The Hall–Kier alpha value is -3.71. The number of nitrogens with zero attached hydrogens (tertiary/aromatic N) is 1. The third-order valence-electron chi connectivity index (χ3n) is 5.20. The summed E-state index contributed by atoms with van der Waals surface area (Å²) in [6.45, 7) is 0.601. The molecule has 0 radical (unpaired) electrons. The van der Waals surface area contributed by atoms with E-state index in [1.54, 1.807) is 0 Å². The summed E-state index contributed by atoms with van der Waals surface area (Å²) in [6, 6.07) is 7.07. The Balaban J connectivity index is 1.89. The molecular weight excluding hydrogens is 448 g/mol. The lowest BCUT2D eigenvalue weighted by atomic mass is 10.1. The fourth-order valence-corrected chi connectivity index (χ4v) is 3.36. The molecule has 1 aromatic rings. The van der Waals surface area contributed by atoms with E-state index in [1.165, 1.54) is 0 Å². The predicted molar refractivity (Wildman–Crippen MR) is 120 cm³/mol. The highest BCUT2D eigenvalue weighted by Crippen LogP contribution is 2.15. The Kier molecular flexibility index (Phi) is 10.2. The number of carbonyl (C=O) groups excluding carboxylic acids is 3. The maximum absolute atomic E-state index is 12.6. The summed E-state index contributed by atoms with van der Waals surface area (Å²) in [5.74, 6) is -4.53. The van der Waals surface area contributed by atoms with E-state index in [1.807, 2.05) is 35.3 Å².